The van der Waals surface area contributed by atoms with Crippen LogP contribution in [0.25, 0.3) is 11.3 Å². The number of carboxylic acid groups (broad SMARTS) is 1. The molecule has 30 heavy (non-hydrogen) atoms. The molecule has 1 atom stereocenters. The third-order valence-electron chi connectivity index (χ3n) is 4.40. The molecule has 0 aliphatic heterocycles. The van der Waals surface area contributed by atoms with Crippen LogP contribution in [0, 0.1) is 5.82 Å². The van der Waals surface area contributed by atoms with Gasteiger partial charge in [-0.05, 0) is 24.3 Å². The summed E-state index contributed by atoms with van der Waals surface area (Å²) in [5.74, 6) is -2.03. The minimum atomic E-state index is -1.18. The highest BCUT2D eigenvalue weighted by molar-refractivity contribution is 6.33. The van der Waals surface area contributed by atoms with E-state index in [4.69, 9.17) is 16.3 Å². The van der Waals surface area contributed by atoms with Gasteiger partial charge in [-0.3, -0.25) is 9.59 Å². The van der Waals surface area contributed by atoms with E-state index in [1.165, 1.54) is 31.4 Å². The minimum Gasteiger partial charge on any atom is -0.494 e. The number of carbonyl (C=O) groups is 2. The van der Waals surface area contributed by atoms with Crippen LogP contribution in [0.3, 0.4) is 0 Å². The number of pyridine rings is 1. The molecule has 154 valence electrons. The third-order valence-corrected chi connectivity index (χ3v) is 4.73. The molecule has 0 spiro atoms. The second-order valence-corrected chi connectivity index (χ2v) is 6.78. The van der Waals surface area contributed by atoms with Gasteiger partial charge in [0, 0.05) is 11.1 Å². The lowest BCUT2D eigenvalue weighted by Crippen LogP contribution is -2.31. The molecule has 0 fully saturated rings. The van der Waals surface area contributed by atoms with Gasteiger partial charge in [-0.25, -0.2) is 9.37 Å². The Kier molecular flexibility index (Phi) is 6.64. The number of aliphatic carboxylic acids is 1. The van der Waals surface area contributed by atoms with Crippen molar-refractivity contribution in [3.63, 3.8) is 0 Å². The SMILES string of the molecule is COc1ccc(C(=O)N[C@@H](CC(=O)O)c2ccccc2F)nc1-c1ccccc1Cl. The number of amides is 1. The number of nitrogens with one attached hydrogen (secondary N) is 1. The number of carbonyl (C=O) groups excluding carboxylic acids is 1. The summed E-state index contributed by atoms with van der Waals surface area (Å²) in [5.41, 5.74) is 1.02. The fourth-order valence-electron chi connectivity index (χ4n) is 2.99. The predicted octanol–water partition coefficient (Wildman–Crippen LogP) is 4.50. The van der Waals surface area contributed by atoms with Crippen LogP contribution in [0.2, 0.25) is 5.02 Å². The quantitative estimate of drug-likeness (QED) is 0.578. The maximum absolute atomic E-state index is 14.2. The normalized spacial score (nSPS) is 11.6. The fourth-order valence-corrected chi connectivity index (χ4v) is 3.21. The number of hydrogen-bond donors (Lipinski definition) is 2. The molecule has 6 nitrogen and oxygen atoms in total. The van der Waals surface area contributed by atoms with Crippen molar-refractivity contribution in [2.24, 2.45) is 0 Å². The fraction of sp³-hybridized carbons (Fsp3) is 0.136. The molecule has 0 saturated carbocycles. The van der Waals surface area contributed by atoms with Gasteiger partial charge in [-0.15, -0.1) is 0 Å². The number of carboxylic acids is 1. The summed E-state index contributed by atoms with van der Waals surface area (Å²) in [6.45, 7) is 0. The topological polar surface area (TPSA) is 88.5 Å². The second-order valence-electron chi connectivity index (χ2n) is 6.37. The highest BCUT2D eigenvalue weighted by Crippen LogP contribution is 2.33. The van der Waals surface area contributed by atoms with Crippen LogP contribution in [-0.4, -0.2) is 29.1 Å². The molecule has 3 rings (SSSR count). The second kappa shape index (κ2) is 9.37. The lowest BCUT2D eigenvalue weighted by Gasteiger charge is -2.18. The number of hydrogen-bond acceptors (Lipinski definition) is 4. The average Bonchev–Trinajstić information content (AvgIpc) is 2.73. The van der Waals surface area contributed by atoms with Crippen LogP contribution in [0.15, 0.2) is 60.7 Å². The zero-order valence-electron chi connectivity index (χ0n) is 15.9. The Balaban J connectivity index is 1.96. The van der Waals surface area contributed by atoms with Crippen LogP contribution >= 0.6 is 11.6 Å². The lowest BCUT2D eigenvalue weighted by molar-refractivity contribution is -0.137. The van der Waals surface area contributed by atoms with E-state index in [0.717, 1.165) is 0 Å². The van der Waals surface area contributed by atoms with E-state index in [0.29, 0.717) is 22.0 Å². The zero-order valence-corrected chi connectivity index (χ0v) is 16.7. The number of benzene rings is 2. The molecule has 3 aromatic rings. The van der Waals surface area contributed by atoms with Crippen molar-refractivity contribution in [1.82, 2.24) is 10.3 Å². The molecule has 2 aromatic carbocycles. The maximum Gasteiger partial charge on any atom is 0.305 e. The first-order chi connectivity index (χ1) is 14.4. The summed E-state index contributed by atoms with van der Waals surface area (Å²) in [5, 5.41) is 12.2. The Bertz CT molecular complexity index is 1090. The van der Waals surface area contributed by atoms with E-state index in [9.17, 15) is 19.1 Å². The monoisotopic (exact) mass is 428 g/mol. The minimum absolute atomic E-state index is 0.0115. The van der Waals surface area contributed by atoms with Crippen molar-refractivity contribution in [3.05, 3.63) is 82.8 Å². The van der Waals surface area contributed by atoms with Crippen molar-refractivity contribution in [1.29, 1.82) is 0 Å². The van der Waals surface area contributed by atoms with Crippen molar-refractivity contribution >= 4 is 23.5 Å². The summed E-state index contributed by atoms with van der Waals surface area (Å²) < 4.78 is 19.5. The first-order valence-electron chi connectivity index (χ1n) is 8.97. The van der Waals surface area contributed by atoms with Gasteiger partial charge in [0.15, 0.2) is 0 Å². The molecule has 1 aromatic heterocycles. The van der Waals surface area contributed by atoms with E-state index in [-0.39, 0.29) is 11.3 Å². The summed E-state index contributed by atoms with van der Waals surface area (Å²) in [7, 11) is 1.47. The predicted molar refractivity (Wildman–Crippen MR) is 110 cm³/mol. The van der Waals surface area contributed by atoms with E-state index < -0.39 is 30.2 Å². The van der Waals surface area contributed by atoms with Crippen LogP contribution < -0.4 is 10.1 Å². The van der Waals surface area contributed by atoms with Gasteiger partial charge in [-0.2, -0.15) is 0 Å². The first kappa shape index (κ1) is 21.3. The van der Waals surface area contributed by atoms with Gasteiger partial charge < -0.3 is 15.2 Å². The maximum atomic E-state index is 14.2. The van der Waals surface area contributed by atoms with Gasteiger partial charge in [0.2, 0.25) is 0 Å². The molecule has 0 aliphatic rings. The van der Waals surface area contributed by atoms with Crippen LogP contribution in [-0.2, 0) is 4.79 Å². The molecule has 0 bridgehead atoms. The van der Waals surface area contributed by atoms with Gasteiger partial charge >= 0.3 is 5.97 Å². The van der Waals surface area contributed by atoms with E-state index in [1.807, 2.05) is 0 Å². The molecule has 0 saturated heterocycles. The molecule has 1 amide bonds. The van der Waals surface area contributed by atoms with Gasteiger partial charge in [-0.1, -0.05) is 48.0 Å². The van der Waals surface area contributed by atoms with Crippen molar-refractivity contribution in [2.75, 3.05) is 7.11 Å². The number of rotatable bonds is 7. The number of halogens is 2. The third kappa shape index (κ3) is 4.75. The van der Waals surface area contributed by atoms with Crippen LogP contribution in [0.5, 0.6) is 5.75 Å². The Morgan fingerprint density at radius 1 is 1.13 bits per heavy atom. The number of methoxy groups -OCH3 is 1. The smallest absolute Gasteiger partial charge is 0.305 e. The Hall–Kier alpha value is -3.45. The summed E-state index contributed by atoms with van der Waals surface area (Å²) >= 11 is 6.26. The van der Waals surface area contributed by atoms with Gasteiger partial charge in [0.1, 0.15) is 23.0 Å². The van der Waals surface area contributed by atoms with E-state index >= 15 is 0 Å². The van der Waals surface area contributed by atoms with Crippen LogP contribution in [0.4, 0.5) is 4.39 Å². The number of aromatic nitrogens is 1. The Morgan fingerprint density at radius 3 is 2.50 bits per heavy atom. The molecule has 2 N–H and O–H groups in total. The molecule has 0 aliphatic carbocycles. The Labute approximate surface area is 177 Å². The molecular weight excluding hydrogens is 411 g/mol. The van der Waals surface area contributed by atoms with Crippen LogP contribution in [0.1, 0.15) is 28.5 Å². The molecule has 0 radical (unpaired) electrons. The van der Waals surface area contributed by atoms with E-state index in [1.54, 1.807) is 36.4 Å². The largest absolute Gasteiger partial charge is 0.494 e. The zero-order chi connectivity index (χ0) is 21.7. The number of nitrogens with zero attached hydrogens (tertiary/aromatic N) is 1. The molecule has 8 heteroatoms. The van der Waals surface area contributed by atoms with Gasteiger partial charge in [0.25, 0.3) is 5.91 Å². The van der Waals surface area contributed by atoms with Gasteiger partial charge in [0.05, 0.1) is 24.6 Å². The highest BCUT2D eigenvalue weighted by atomic mass is 35.5. The summed E-state index contributed by atoms with van der Waals surface area (Å²) in [6.07, 6.45) is -0.486. The molecule has 1 heterocycles. The standard InChI is InChI=1S/C22H18ClFN2O4/c1-30-19-11-10-17(25-21(19)13-6-2-4-8-15(13)23)22(29)26-18(12-20(27)28)14-7-3-5-9-16(14)24/h2-11,18H,12H2,1H3,(H,26,29)(H,27,28)/t18-/m0/s1. The van der Waals surface area contributed by atoms with E-state index in [2.05, 4.69) is 10.3 Å². The van der Waals surface area contributed by atoms with Crippen molar-refractivity contribution in [2.45, 2.75) is 12.5 Å². The first-order valence-corrected chi connectivity index (χ1v) is 9.35. The summed E-state index contributed by atoms with van der Waals surface area (Å²) in [4.78, 5) is 28.4. The number of ether oxygens (including phenoxy) is 1. The molecular formula is C22H18ClFN2O4. The Morgan fingerprint density at radius 2 is 1.83 bits per heavy atom. The summed E-state index contributed by atoms with van der Waals surface area (Å²) in [6, 6.07) is 14.6. The van der Waals surface area contributed by atoms with Crippen molar-refractivity contribution in [3.8, 4) is 17.0 Å². The van der Waals surface area contributed by atoms with Crippen molar-refractivity contribution < 1.29 is 23.8 Å². The highest BCUT2D eigenvalue weighted by Gasteiger charge is 2.23. The lowest BCUT2D eigenvalue weighted by atomic mass is 10.0. The average molecular weight is 429 g/mol. The molecule has 0 unspecified atom stereocenters.